The molecular formula is C10H7F5O2S. The molecule has 0 bridgehead atoms. The second-order valence-electron chi connectivity index (χ2n) is 3.28. The number of benzene rings is 1. The molecule has 2 nitrogen and oxygen atoms in total. The first-order valence-corrected chi connectivity index (χ1v) is 5.00. The molecule has 1 unspecified atom stereocenters. The van der Waals surface area contributed by atoms with Gasteiger partial charge in [0.25, 0.3) is 6.10 Å². The number of hydrogen-bond acceptors (Lipinski definition) is 3. The number of thiol groups is 1. The lowest BCUT2D eigenvalue weighted by molar-refractivity contribution is -0.244. The number of esters is 1. The maximum Gasteiger partial charge on any atom is 0.432 e. The summed E-state index contributed by atoms with van der Waals surface area (Å²) in [5.41, 5.74) is -0.260. The topological polar surface area (TPSA) is 26.3 Å². The zero-order chi connectivity index (χ0) is 14.0. The Bertz CT molecular complexity index is 399. The Labute approximate surface area is 104 Å². The van der Waals surface area contributed by atoms with Gasteiger partial charge in [0.15, 0.2) is 0 Å². The van der Waals surface area contributed by atoms with E-state index in [1.165, 1.54) is 18.2 Å². The number of halogens is 5. The van der Waals surface area contributed by atoms with Crippen LogP contribution in [-0.4, -0.2) is 23.5 Å². The van der Waals surface area contributed by atoms with Gasteiger partial charge in [-0.25, -0.2) is 4.79 Å². The molecule has 1 aromatic rings. The molecule has 1 aromatic carbocycles. The minimum atomic E-state index is -5.41. The number of rotatable bonds is 3. The summed E-state index contributed by atoms with van der Waals surface area (Å²) in [5.74, 6) is -1.49. The van der Waals surface area contributed by atoms with Crippen LogP contribution in [0.4, 0.5) is 22.0 Å². The number of alkyl halides is 5. The van der Waals surface area contributed by atoms with E-state index in [0.29, 0.717) is 0 Å². The molecule has 0 fully saturated rings. The van der Waals surface area contributed by atoms with Crippen LogP contribution in [0.25, 0.3) is 0 Å². The minimum absolute atomic E-state index is 0.260. The third-order valence-electron chi connectivity index (χ3n) is 1.85. The van der Waals surface area contributed by atoms with Crippen molar-refractivity contribution in [2.75, 3.05) is 0 Å². The third-order valence-corrected chi connectivity index (χ3v) is 2.08. The predicted molar refractivity (Wildman–Crippen MR) is 55.6 cm³/mol. The molecule has 8 heteroatoms. The highest BCUT2D eigenvalue weighted by Gasteiger charge is 2.57. The van der Waals surface area contributed by atoms with Crippen molar-refractivity contribution in [1.29, 1.82) is 0 Å². The van der Waals surface area contributed by atoms with Crippen LogP contribution >= 0.6 is 12.6 Å². The average Bonchev–Trinajstić information content (AvgIpc) is 2.23. The van der Waals surface area contributed by atoms with Gasteiger partial charge in [-0.3, -0.25) is 0 Å². The molecule has 1 rings (SSSR count). The molecule has 0 amide bonds. The van der Waals surface area contributed by atoms with Gasteiger partial charge in [-0.15, -0.1) is 12.6 Å². The van der Waals surface area contributed by atoms with Crippen LogP contribution in [0.2, 0.25) is 0 Å². The van der Waals surface area contributed by atoms with Gasteiger partial charge in [0.1, 0.15) is 0 Å². The lowest BCUT2D eigenvalue weighted by Crippen LogP contribution is -2.45. The fourth-order valence-corrected chi connectivity index (χ4v) is 1.28. The third kappa shape index (κ3) is 3.86. The first kappa shape index (κ1) is 14.7. The lowest BCUT2D eigenvalue weighted by Gasteiger charge is -2.24. The highest BCUT2D eigenvalue weighted by Crippen LogP contribution is 2.37. The van der Waals surface area contributed by atoms with Crippen LogP contribution in [-0.2, 0) is 4.74 Å². The number of carbonyl (C=O) groups excluding carboxylic acids is 1. The van der Waals surface area contributed by atoms with Gasteiger partial charge in [-0.1, -0.05) is 18.2 Å². The second kappa shape index (κ2) is 5.13. The summed E-state index contributed by atoms with van der Waals surface area (Å²) in [6.45, 7) is 0. The van der Waals surface area contributed by atoms with Crippen molar-refractivity contribution in [3.8, 4) is 0 Å². The molecule has 0 aliphatic heterocycles. The largest absolute Gasteiger partial charge is 0.441 e. The monoisotopic (exact) mass is 286 g/mol. The van der Waals surface area contributed by atoms with Crippen LogP contribution in [0.15, 0.2) is 30.3 Å². The molecule has 18 heavy (non-hydrogen) atoms. The summed E-state index contributed by atoms with van der Waals surface area (Å²) in [6.07, 6.45) is -9.00. The van der Waals surface area contributed by atoms with Crippen molar-refractivity contribution in [2.45, 2.75) is 17.5 Å². The van der Waals surface area contributed by atoms with Crippen molar-refractivity contribution in [3.63, 3.8) is 0 Å². The Morgan fingerprint density at radius 2 is 1.61 bits per heavy atom. The van der Waals surface area contributed by atoms with Gasteiger partial charge in [-0.05, 0) is 12.1 Å². The maximum atomic E-state index is 12.6. The summed E-state index contributed by atoms with van der Waals surface area (Å²) in [7, 11) is 0. The van der Waals surface area contributed by atoms with Crippen molar-refractivity contribution in [2.24, 2.45) is 0 Å². The predicted octanol–water partition coefficient (Wildman–Crippen LogP) is 3.30. The van der Waals surface area contributed by atoms with Gasteiger partial charge in [0.05, 0.1) is 5.56 Å². The molecule has 0 radical (unpaired) electrons. The van der Waals surface area contributed by atoms with Gasteiger partial charge in [0, 0.05) is 0 Å². The van der Waals surface area contributed by atoms with Gasteiger partial charge >= 0.3 is 17.4 Å². The smallest absolute Gasteiger partial charge is 0.432 e. The lowest BCUT2D eigenvalue weighted by atomic mass is 10.2. The molecule has 0 heterocycles. The molecular weight excluding hydrogens is 279 g/mol. The Balaban J connectivity index is 2.90. The van der Waals surface area contributed by atoms with Crippen LogP contribution in [0.5, 0.6) is 0 Å². The average molecular weight is 286 g/mol. The maximum absolute atomic E-state index is 12.6. The first-order chi connectivity index (χ1) is 8.12. The van der Waals surface area contributed by atoms with E-state index < -0.39 is 23.5 Å². The van der Waals surface area contributed by atoms with Crippen LogP contribution in [0.1, 0.15) is 10.4 Å². The van der Waals surface area contributed by atoms with Crippen molar-refractivity contribution >= 4 is 18.6 Å². The molecule has 0 aliphatic carbocycles. The van der Waals surface area contributed by atoms with Crippen molar-refractivity contribution in [3.05, 3.63) is 35.9 Å². The van der Waals surface area contributed by atoms with E-state index >= 15 is 0 Å². The molecule has 0 aromatic heterocycles. The molecule has 0 N–H and O–H groups in total. The standard InChI is InChI=1S/C10H7F5O2S/c11-9(12,13)8(10(14,15)18)17-7(16)6-4-2-1-3-5-6/h1-5,8,18H. The first-order valence-electron chi connectivity index (χ1n) is 4.55. The van der Waals surface area contributed by atoms with E-state index in [0.717, 1.165) is 12.1 Å². The van der Waals surface area contributed by atoms with E-state index in [4.69, 9.17) is 0 Å². The fourth-order valence-electron chi connectivity index (χ4n) is 1.08. The highest BCUT2D eigenvalue weighted by atomic mass is 32.1. The molecule has 0 aliphatic rings. The van der Waals surface area contributed by atoms with Crippen molar-refractivity contribution in [1.82, 2.24) is 0 Å². The SMILES string of the molecule is O=C(OC(C(F)(F)F)C(F)(F)S)c1ccccc1. The summed E-state index contributed by atoms with van der Waals surface area (Å²) in [5, 5.41) is -4.51. The Kier molecular flexibility index (Phi) is 4.20. The minimum Gasteiger partial charge on any atom is -0.441 e. The fraction of sp³-hybridized carbons (Fsp3) is 0.300. The summed E-state index contributed by atoms with van der Waals surface area (Å²) < 4.78 is 65.9. The van der Waals surface area contributed by atoms with E-state index in [1.54, 1.807) is 0 Å². The zero-order valence-electron chi connectivity index (χ0n) is 8.62. The zero-order valence-corrected chi connectivity index (χ0v) is 9.51. The van der Waals surface area contributed by atoms with E-state index in [2.05, 4.69) is 17.4 Å². The summed E-state index contributed by atoms with van der Waals surface area (Å²) >= 11 is 2.50. The quantitative estimate of drug-likeness (QED) is 0.524. The Morgan fingerprint density at radius 3 is 2.00 bits per heavy atom. The van der Waals surface area contributed by atoms with Crippen LogP contribution in [0.3, 0.4) is 0 Å². The number of ether oxygens (including phenoxy) is 1. The van der Waals surface area contributed by atoms with E-state index in [9.17, 15) is 26.7 Å². The van der Waals surface area contributed by atoms with Crippen LogP contribution in [0, 0.1) is 0 Å². The number of carbonyl (C=O) groups is 1. The molecule has 0 spiro atoms. The Morgan fingerprint density at radius 1 is 1.11 bits per heavy atom. The second-order valence-corrected chi connectivity index (χ2v) is 3.88. The normalized spacial score (nSPS) is 14.1. The van der Waals surface area contributed by atoms with E-state index in [1.807, 2.05) is 0 Å². The summed E-state index contributed by atoms with van der Waals surface area (Å²) in [4.78, 5) is 11.3. The molecule has 1 atom stereocenters. The van der Waals surface area contributed by atoms with Gasteiger partial charge in [-0.2, -0.15) is 22.0 Å². The van der Waals surface area contributed by atoms with Gasteiger partial charge in [0.2, 0.25) is 0 Å². The molecule has 0 saturated heterocycles. The van der Waals surface area contributed by atoms with E-state index in [-0.39, 0.29) is 5.56 Å². The van der Waals surface area contributed by atoms with Crippen LogP contribution < -0.4 is 0 Å². The molecule has 100 valence electrons. The molecule has 0 saturated carbocycles. The van der Waals surface area contributed by atoms with Crippen molar-refractivity contribution < 1.29 is 31.5 Å². The number of hydrogen-bond donors (Lipinski definition) is 1. The van der Waals surface area contributed by atoms with Gasteiger partial charge < -0.3 is 4.74 Å². The highest BCUT2D eigenvalue weighted by molar-refractivity contribution is 7.81. The Hall–Kier alpha value is -1.31. The summed E-state index contributed by atoms with van der Waals surface area (Å²) in [6, 6.07) is 6.51.